The molecule has 104 valence electrons. The minimum Gasteiger partial charge on any atom is -0.396 e. The smallest absolute Gasteiger partial charge is 0.156 e. The van der Waals surface area contributed by atoms with Crippen LogP contribution >= 0.6 is 0 Å². The third kappa shape index (κ3) is 5.54. The number of hydrogen-bond acceptors (Lipinski definition) is 4. The van der Waals surface area contributed by atoms with Gasteiger partial charge in [0.1, 0.15) is 0 Å². The van der Waals surface area contributed by atoms with E-state index in [-0.39, 0.29) is 26.1 Å². The minimum absolute atomic E-state index is 0.0980. The molecule has 0 aliphatic carbocycles. The zero-order valence-corrected chi connectivity index (χ0v) is 11.3. The molecule has 17 heavy (non-hydrogen) atoms. The summed E-state index contributed by atoms with van der Waals surface area (Å²) < 4.78 is 40.7. The van der Waals surface area contributed by atoms with E-state index >= 15 is 0 Å². The Morgan fingerprint density at radius 1 is 0.941 bits per heavy atom. The molecule has 6 nitrogen and oxygen atoms in total. The highest BCUT2D eigenvalue weighted by atomic mass is 32.2. The third-order valence-electron chi connectivity index (χ3n) is 2.77. The summed E-state index contributed by atoms with van der Waals surface area (Å²) in [6.45, 7) is 1.24. The van der Waals surface area contributed by atoms with Crippen LogP contribution in [0.2, 0.25) is 0 Å². The summed E-state index contributed by atoms with van der Waals surface area (Å²) in [5, 5.41) is 16.2. The van der Waals surface area contributed by atoms with Crippen LogP contribution in [0.4, 0.5) is 0 Å². The highest BCUT2D eigenvalue weighted by Crippen LogP contribution is 2.25. The van der Waals surface area contributed by atoms with Crippen molar-refractivity contribution in [3.63, 3.8) is 0 Å². The second-order valence-electron chi connectivity index (χ2n) is 3.73. The molecule has 0 aromatic carbocycles. The Kier molecular flexibility index (Phi) is 9.20. The fourth-order valence-corrected chi connectivity index (χ4v) is 4.02. The van der Waals surface area contributed by atoms with Gasteiger partial charge in [-0.3, -0.25) is 0 Å². The Balaban J connectivity index is 4.95. The van der Waals surface area contributed by atoms with Crippen molar-refractivity contribution in [1.29, 1.82) is 0 Å². The lowest BCUT2D eigenvalue weighted by molar-refractivity contribution is 0.247. The molecule has 0 aliphatic rings. The van der Waals surface area contributed by atoms with Crippen molar-refractivity contribution in [1.82, 2.24) is 0 Å². The van der Waals surface area contributed by atoms with Gasteiger partial charge in [0, 0.05) is 13.2 Å². The molecule has 0 saturated carbocycles. The van der Waals surface area contributed by atoms with Gasteiger partial charge in [0.05, 0.1) is 10.5 Å². The van der Waals surface area contributed by atoms with Gasteiger partial charge in [-0.15, -0.1) is 0 Å². The molecule has 4 atom stereocenters. The lowest BCUT2D eigenvalue weighted by Gasteiger charge is -2.28. The molecule has 4 unspecified atom stereocenters. The Bertz CT molecular complexity index is 236. The Morgan fingerprint density at radius 2 is 1.29 bits per heavy atom. The van der Waals surface area contributed by atoms with Gasteiger partial charge < -0.3 is 19.3 Å². The highest BCUT2D eigenvalue weighted by molar-refractivity contribution is 7.80. The van der Waals surface area contributed by atoms with Crippen molar-refractivity contribution in [2.24, 2.45) is 5.92 Å². The normalized spacial score (nSPS) is 20.5. The van der Waals surface area contributed by atoms with E-state index in [1.807, 2.05) is 0 Å². The van der Waals surface area contributed by atoms with E-state index in [1.54, 1.807) is 6.92 Å². The van der Waals surface area contributed by atoms with Crippen LogP contribution in [-0.4, -0.2) is 51.4 Å². The van der Waals surface area contributed by atoms with Crippen molar-refractivity contribution in [2.75, 3.05) is 13.2 Å². The largest absolute Gasteiger partial charge is 0.396 e. The average molecular weight is 288 g/mol. The van der Waals surface area contributed by atoms with Gasteiger partial charge in [-0.05, 0) is 18.8 Å². The molecule has 0 spiro atoms. The maximum Gasteiger partial charge on any atom is 0.156 e. The third-order valence-corrected chi connectivity index (χ3v) is 4.98. The first-order valence-electron chi connectivity index (χ1n) is 5.40. The molecule has 0 bridgehead atoms. The Labute approximate surface area is 106 Å². The molecular formula is C9H20O6S2. The van der Waals surface area contributed by atoms with Crippen LogP contribution in [0.25, 0.3) is 0 Å². The van der Waals surface area contributed by atoms with Crippen LogP contribution in [0, 0.1) is 5.92 Å². The van der Waals surface area contributed by atoms with Crippen LogP contribution in [0.15, 0.2) is 0 Å². The fourth-order valence-electron chi connectivity index (χ4n) is 1.95. The average Bonchev–Trinajstić information content (AvgIpc) is 2.26. The van der Waals surface area contributed by atoms with Crippen LogP contribution in [0.3, 0.4) is 0 Å². The first-order chi connectivity index (χ1) is 7.99. The highest BCUT2D eigenvalue weighted by Gasteiger charge is 2.34. The summed E-state index contributed by atoms with van der Waals surface area (Å²) in [6.07, 6.45) is 0.634. The van der Waals surface area contributed by atoms with Gasteiger partial charge in [-0.1, -0.05) is 13.3 Å². The number of hydrogen-bond donors (Lipinski definition) is 4. The van der Waals surface area contributed by atoms with Crippen LogP contribution in [0.5, 0.6) is 0 Å². The summed E-state index contributed by atoms with van der Waals surface area (Å²) in [7, 11) is 0. The van der Waals surface area contributed by atoms with Crippen LogP contribution in [0.1, 0.15) is 26.2 Å². The lowest BCUT2D eigenvalue weighted by Crippen LogP contribution is -2.38. The van der Waals surface area contributed by atoms with Gasteiger partial charge in [0.15, 0.2) is 22.2 Å². The zero-order chi connectivity index (χ0) is 13.4. The molecule has 0 fully saturated rings. The summed E-state index contributed by atoms with van der Waals surface area (Å²) in [5.74, 6) is -0.481. The second-order valence-corrected chi connectivity index (χ2v) is 6.04. The monoisotopic (exact) mass is 288 g/mol. The summed E-state index contributed by atoms with van der Waals surface area (Å²) in [4.78, 5) is 0. The van der Waals surface area contributed by atoms with Crippen molar-refractivity contribution in [2.45, 2.75) is 36.7 Å². The van der Waals surface area contributed by atoms with Crippen molar-refractivity contribution in [3.05, 3.63) is 0 Å². The minimum atomic E-state index is -2.16. The van der Waals surface area contributed by atoms with Crippen LogP contribution < -0.4 is 0 Å². The van der Waals surface area contributed by atoms with Crippen molar-refractivity contribution < 1.29 is 27.7 Å². The van der Waals surface area contributed by atoms with Gasteiger partial charge in [-0.25, -0.2) is 8.42 Å². The first kappa shape index (κ1) is 17.1. The fraction of sp³-hybridized carbons (Fsp3) is 1.00. The van der Waals surface area contributed by atoms with E-state index in [4.69, 9.17) is 19.3 Å². The molecule has 0 aromatic rings. The quantitative estimate of drug-likeness (QED) is 0.442. The van der Waals surface area contributed by atoms with E-state index in [2.05, 4.69) is 0 Å². The van der Waals surface area contributed by atoms with E-state index in [9.17, 15) is 8.42 Å². The van der Waals surface area contributed by atoms with Gasteiger partial charge in [-0.2, -0.15) is 0 Å². The number of rotatable bonds is 9. The molecule has 0 heterocycles. The predicted molar refractivity (Wildman–Crippen MR) is 66.3 cm³/mol. The van der Waals surface area contributed by atoms with Crippen molar-refractivity contribution >= 4 is 22.2 Å². The van der Waals surface area contributed by atoms with E-state index in [0.717, 1.165) is 0 Å². The summed E-state index contributed by atoms with van der Waals surface area (Å²) in [5.41, 5.74) is 0. The summed E-state index contributed by atoms with van der Waals surface area (Å²) in [6, 6.07) is 0. The van der Waals surface area contributed by atoms with Crippen molar-refractivity contribution in [3.8, 4) is 0 Å². The van der Waals surface area contributed by atoms with Gasteiger partial charge >= 0.3 is 0 Å². The topological polar surface area (TPSA) is 115 Å². The summed E-state index contributed by atoms with van der Waals surface area (Å²) >= 11 is -4.32. The SMILES string of the molecule is CCC(C(CCO)S(=O)O)C(CCO)S(=O)O. The molecule has 0 aliphatic heterocycles. The molecule has 0 amide bonds. The van der Waals surface area contributed by atoms with E-state index in [0.29, 0.717) is 6.42 Å². The molecule has 0 radical (unpaired) electrons. The Morgan fingerprint density at radius 3 is 1.47 bits per heavy atom. The number of aliphatic hydroxyl groups is 2. The maximum absolute atomic E-state index is 11.2. The molecule has 0 saturated heterocycles. The lowest BCUT2D eigenvalue weighted by atomic mass is 9.94. The number of aliphatic hydroxyl groups excluding tert-OH is 2. The zero-order valence-electron chi connectivity index (χ0n) is 9.69. The first-order valence-corrected chi connectivity index (χ1v) is 7.74. The molecule has 0 aromatic heterocycles. The predicted octanol–water partition coefficient (Wildman–Crippen LogP) is -0.0420. The molecule has 0 rings (SSSR count). The standard InChI is InChI=1S/C9H20O6S2/c1-2-7(8(3-5-10)16(12)13)9(4-6-11)17(14)15/h7-11H,2-6H2,1H3,(H,12,13)(H,14,15). The van der Waals surface area contributed by atoms with E-state index in [1.165, 1.54) is 0 Å². The molecular weight excluding hydrogens is 268 g/mol. The van der Waals surface area contributed by atoms with Gasteiger partial charge in [0.2, 0.25) is 0 Å². The van der Waals surface area contributed by atoms with E-state index < -0.39 is 38.6 Å². The maximum atomic E-state index is 11.2. The van der Waals surface area contributed by atoms with Gasteiger partial charge in [0.25, 0.3) is 0 Å². The second kappa shape index (κ2) is 9.12. The van der Waals surface area contributed by atoms with Crippen LogP contribution in [-0.2, 0) is 22.2 Å². The molecule has 4 N–H and O–H groups in total. The Hall–Kier alpha value is 0.140. The molecule has 8 heteroatoms.